The summed E-state index contributed by atoms with van der Waals surface area (Å²) in [7, 11) is -23.0. The smallest absolute Gasteiger partial charge is 0.462 e. The van der Waals surface area contributed by atoms with Crippen LogP contribution >= 0.6 is 31.3 Å². The van der Waals surface area contributed by atoms with Gasteiger partial charge < -0.3 is 53.9 Å². The molecule has 1 saturated carbocycles. The van der Waals surface area contributed by atoms with Crippen molar-refractivity contribution in [3.8, 4) is 0 Å². The standard InChI is InChI=1S/C43H86O22P4/c1-3-5-7-9-11-13-15-17-18-20-22-24-26-28-30-32-37(45)61-35(33-59-36(44)31-29-27-25-23-21-19-16-14-12-10-8-6-4-2)34-60-69(57,58)65-40-38(46)41(62-66(48,49)50)43(64-68(54,55)56)42(39(40)47)63-67(51,52)53/h35,38-43,46-47H,3-34H2,1-2H3,(H,57,58)(H2,48,49,50)(H2,51,52,53)(H2,54,55,56)/t35-,38+,39+,40?,41-,42+,43?/m1/s1. The molecule has 0 heterocycles. The van der Waals surface area contributed by atoms with Gasteiger partial charge in [-0.2, -0.15) is 0 Å². The molecule has 3 unspecified atom stereocenters. The minimum absolute atomic E-state index is 0.0416. The van der Waals surface area contributed by atoms with E-state index in [1.807, 2.05) is 0 Å². The first-order valence-electron chi connectivity index (χ1n) is 25.1. The predicted octanol–water partition coefficient (Wildman–Crippen LogP) is 8.86. The van der Waals surface area contributed by atoms with Gasteiger partial charge in [-0.25, -0.2) is 18.3 Å². The van der Waals surface area contributed by atoms with E-state index in [9.17, 15) is 72.3 Å². The van der Waals surface area contributed by atoms with Crippen molar-refractivity contribution in [1.82, 2.24) is 0 Å². The van der Waals surface area contributed by atoms with Gasteiger partial charge in [-0.15, -0.1) is 0 Å². The van der Waals surface area contributed by atoms with Gasteiger partial charge in [0.15, 0.2) is 6.10 Å². The van der Waals surface area contributed by atoms with Gasteiger partial charge >= 0.3 is 43.2 Å². The Morgan fingerprint density at radius 1 is 0.406 bits per heavy atom. The summed E-state index contributed by atoms with van der Waals surface area (Å²) in [6.45, 7) is 2.77. The second kappa shape index (κ2) is 37.1. The van der Waals surface area contributed by atoms with Crippen molar-refractivity contribution in [2.75, 3.05) is 13.2 Å². The predicted molar refractivity (Wildman–Crippen MR) is 254 cm³/mol. The third-order valence-corrected chi connectivity index (χ3v) is 14.2. The first-order chi connectivity index (χ1) is 32.5. The normalized spacial score (nSPS) is 21.5. The number of carbonyl (C=O) groups is 2. The molecule has 69 heavy (non-hydrogen) atoms. The largest absolute Gasteiger partial charge is 0.472 e. The molecule has 9 N–H and O–H groups in total. The molecule has 0 aliphatic heterocycles. The van der Waals surface area contributed by atoms with Gasteiger partial charge in [0.05, 0.1) is 6.61 Å². The molecule has 0 aromatic heterocycles. The molecule has 1 aliphatic carbocycles. The van der Waals surface area contributed by atoms with E-state index in [0.29, 0.717) is 12.8 Å². The average molecular weight is 1080 g/mol. The summed E-state index contributed by atoms with van der Waals surface area (Å²) < 4.78 is 82.2. The van der Waals surface area contributed by atoms with E-state index in [1.54, 1.807) is 0 Å². The molecule has 0 amide bonds. The number of carbonyl (C=O) groups excluding carboxylic acids is 2. The highest BCUT2D eigenvalue weighted by Gasteiger charge is 2.59. The van der Waals surface area contributed by atoms with Gasteiger partial charge in [0.1, 0.15) is 43.2 Å². The Balaban J connectivity index is 2.88. The summed E-state index contributed by atoms with van der Waals surface area (Å²) in [5.74, 6) is -1.39. The molecule has 0 spiro atoms. The number of hydrogen-bond donors (Lipinski definition) is 9. The zero-order chi connectivity index (χ0) is 51.8. The summed E-state index contributed by atoms with van der Waals surface area (Å²) in [6.07, 6.45) is 13.1. The molecule has 0 saturated heterocycles. The molecular formula is C43H86O22P4. The van der Waals surface area contributed by atoms with Gasteiger partial charge in [-0.3, -0.25) is 32.2 Å². The molecular weight excluding hydrogens is 992 g/mol. The SMILES string of the molecule is CCCCCCCCCCCCCCCCCC(=O)O[C@H](COC(=O)CCCCCCCCCCCCCCC)COP(=O)(O)OC1[C@H](O)[C@H](OP(=O)(O)O)C(OP(=O)(O)O)[C@H](OP(=O)(O)O)[C@H]1O. The van der Waals surface area contributed by atoms with Crippen LogP contribution in [0.4, 0.5) is 0 Å². The number of unbranched alkanes of at least 4 members (excludes halogenated alkanes) is 26. The monoisotopic (exact) mass is 1080 g/mol. The van der Waals surface area contributed by atoms with Crippen LogP contribution in [0.3, 0.4) is 0 Å². The summed E-state index contributed by atoms with van der Waals surface area (Å²) in [6, 6.07) is 0. The molecule has 0 radical (unpaired) electrons. The van der Waals surface area contributed by atoms with E-state index in [2.05, 4.69) is 27.4 Å². The Kier molecular flexibility index (Phi) is 35.7. The van der Waals surface area contributed by atoms with E-state index < -0.39 is 99.2 Å². The van der Waals surface area contributed by atoms with Gasteiger partial charge in [-0.1, -0.05) is 181 Å². The van der Waals surface area contributed by atoms with Crippen LogP contribution in [0.5, 0.6) is 0 Å². The van der Waals surface area contributed by atoms with Crippen molar-refractivity contribution in [1.29, 1.82) is 0 Å². The highest BCUT2D eigenvalue weighted by molar-refractivity contribution is 7.47. The number of hydrogen-bond acceptors (Lipinski definition) is 15. The number of aliphatic hydroxyl groups excluding tert-OH is 2. The zero-order valence-corrected chi connectivity index (χ0v) is 44.4. The summed E-state index contributed by atoms with van der Waals surface area (Å²) in [4.78, 5) is 92.9. The molecule has 0 aromatic rings. The fraction of sp³-hybridized carbons (Fsp3) is 0.953. The lowest BCUT2D eigenvalue weighted by molar-refractivity contribution is -0.209. The topological polar surface area (TPSA) is 349 Å². The maximum atomic E-state index is 13.3. The zero-order valence-electron chi connectivity index (χ0n) is 40.8. The second-order valence-electron chi connectivity index (χ2n) is 18.0. The Morgan fingerprint density at radius 2 is 0.710 bits per heavy atom. The lowest BCUT2D eigenvalue weighted by Gasteiger charge is -2.45. The summed E-state index contributed by atoms with van der Waals surface area (Å²) in [5, 5.41) is 21.8. The first-order valence-corrected chi connectivity index (χ1v) is 31.2. The van der Waals surface area contributed by atoms with Gasteiger partial charge in [0, 0.05) is 12.8 Å². The molecule has 1 aliphatic rings. The lowest BCUT2D eigenvalue weighted by Crippen LogP contribution is -2.65. The van der Waals surface area contributed by atoms with E-state index in [1.165, 1.54) is 103 Å². The van der Waals surface area contributed by atoms with Crippen LogP contribution < -0.4 is 0 Å². The molecule has 1 rings (SSSR count). The van der Waals surface area contributed by atoms with Gasteiger partial charge in [0.2, 0.25) is 0 Å². The minimum atomic E-state index is -5.78. The van der Waals surface area contributed by atoms with Crippen LogP contribution in [-0.4, -0.2) is 112 Å². The van der Waals surface area contributed by atoms with Crippen LogP contribution in [-0.2, 0) is 59.9 Å². The van der Waals surface area contributed by atoms with Gasteiger partial charge in [-0.05, 0) is 12.8 Å². The van der Waals surface area contributed by atoms with Crippen molar-refractivity contribution in [2.45, 2.75) is 249 Å². The Morgan fingerprint density at radius 3 is 1.04 bits per heavy atom. The number of esters is 2. The van der Waals surface area contributed by atoms with E-state index in [4.69, 9.17) is 18.5 Å². The molecule has 26 heteroatoms. The highest BCUT2D eigenvalue weighted by Crippen LogP contribution is 2.53. The molecule has 0 bridgehead atoms. The molecule has 0 aromatic carbocycles. The van der Waals surface area contributed by atoms with E-state index >= 15 is 0 Å². The number of aliphatic hydroxyl groups is 2. The fourth-order valence-electron chi connectivity index (χ4n) is 8.02. The highest BCUT2D eigenvalue weighted by atomic mass is 31.2. The average Bonchev–Trinajstić information content (AvgIpc) is 3.25. The minimum Gasteiger partial charge on any atom is -0.462 e. The lowest BCUT2D eigenvalue weighted by atomic mass is 9.85. The number of rotatable bonds is 44. The number of ether oxygens (including phenoxy) is 2. The summed E-state index contributed by atoms with van der Waals surface area (Å²) >= 11 is 0. The fourth-order valence-corrected chi connectivity index (χ4v) is 10.7. The molecule has 1 fully saturated rings. The quantitative estimate of drug-likeness (QED) is 0.0156. The van der Waals surface area contributed by atoms with Crippen LogP contribution in [0.2, 0.25) is 0 Å². The second-order valence-corrected chi connectivity index (χ2v) is 23.0. The van der Waals surface area contributed by atoms with Crippen molar-refractivity contribution in [3.05, 3.63) is 0 Å². The molecule has 22 nitrogen and oxygen atoms in total. The van der Waals surface area contributed by atoms with Crippen molar-refractivity contribution in [3.63, 3.8) is 0 Å². The van der Waals surface area contributed by atoms with E-state index in [-0.39, 0.29) is 12.8 Å². The number of phosphoric acid groups is 4. The van der Waals surface area contributed by atoms with Crippen molar-refractivity contribution >= 4 is 43.2 Å². The maximum Gasteiger partial charge on any atom is 0.472 e. The van der Waals surface area contributed by atoms with Crippen LogP contribution in [0.1, 0.15) is 206 Å². The summed E-state index contributed by atoms with van der Waals surface area (Å²) in [5.41, 5.74) is 0. The van der Waals surface area contributed by atoms with Crippen LogP contribution in [0.25, 0.3) is 0 Å². The van der Waals surface area contributed by atoms with Gasteiger partial charge in [0.25, 0.3) is 0 Å². The Labute approximate surface area is 409 Å². The van der Waals surface area contributed by atoms with Crippen molar-refractivity contribution < 1.29 is 104 Å². The molecule has 8 atom stereocenters. The Hall–Kier alpha value is -0.700. The first kappa shape index (κ1) is 66.3. The Bertz CT molecular complexity index is 1520. The van der Waals surface area contributed by atoms with Crippen LogP contribution in [0, 0.1) is 0 Å². The van der Waals surface area contributed by atoms with Crippen LogP contribution in [0.15, 0.2) is 0 Å². The number of phosphoric ester groups is 4. The van der Waals surface area contributed by atoms with E-state index in [0.717, 1.165) is 64.2 Å². The maximum absolute atomic E-state index is 13.3. The van der Waals surface area contributed by atoms with Crippen molar-refractivity contribution in [2.24, 2.45) is 0 Å². The third kappa shape index (κ3) is 35.2. The molecule has 410 valence electrons. The third-order valence-electron chi connectivity index (χ3n) is 11.6.